The van der Waals surface area contributed by atoms with Crippen molar-refractivity contribution in [3.05, 3.63) is 40.6 Å². The molecular weight excluding hydrogens is 406 g/mol. The number of amidine groups is 1. The number of nitrogens with zero attached hydrogens (tertiary/aromatic N) is 3. The van der Waals surface area contributed by atoms with Crippen LogP contribution in [0.3, 0.4) is 0 Å². The molecule has 1 fully saturated rings. The molecule has 3 aromatic rings. The van der Waals surface area contributed by atoms with Crippen molar-refractivity contribution < 1.29 is 8.42 Å². The number of hydrogen-bond donors (Lipinski definition) is 2. The molecule has 4 rings (SSSR count). The number of halogens is 1. The maximum Gasteiger partial charge on any atom is 0.165 e. The highest BCUT2D eigenvalue weighted by Gasteiger charge is 2.51. The summed E-state index contributed by atoms with van der Waals surface area (Å²) in [6.07, 6.45) is 3.52. The molecule has 142 valence electrons. The molecule has 0 saturated carbocycles. The highest BCUT2D eigenvalue weighted by atomic mass is 35.5. The van der Waals surface area contributed by atoms with E-state index in [1.165, 1.54) is 11.3 Å². The van der Waals surface area contributed by atoms with Gasteiger partial charge in [-0.05, 0) is 39.0 Å². The summed E-state index contributed by atoms with van der Waals surface area (Å²) in [6.45, 7) is 4.87. The third kappa shape index (κ3) is 2.76. The standard InChI is InChI=1S/C17H18ClN5O2S2/c1-16(2)15(19)21-17(3,8-27(16,24)25)14-11(18)6-12(26-14)10-4-5-13-22-20-9-23(13)7-10/h4-7,9H,8H2,1-3H3,(H2,19,21)/t17-/m0/s1. The lowest BCUT2D eigenvalue weighted by atomic mass is 10.00. The van der Waals surface area contributed by atoms with Gasteiger partial charge in [0.25, 0.3) is 0 Å². The van der Waals surface area contributed by atoms with Gasteiger partial charge in [-0.15, -0.1) is 21.5 Å². The first kappa shape index (κ1) is 18.4. The van der Waals surface area contributed by atoms with Crippen LogP contribution in [0.4, 0.5) is 0 Å². The number of nitrogens with one attached hydrogen (secondary N) is 2. The van der Waals surface area contributed by atoms with Crippen LogP contribution in [0.2, 0.25) is 5.02 Å². The Hall–Kier alpha value is -1.97. The molecule has 4 heterocycles. The molecule has 0 unspecified atom stereocenters. The molecule has 0 radical (unpaired) electrons. The van der Waals surface area contributed by atoms with E-state index in [0.29, 0.717) is 9.90 Å². The molecule has 0 bridgehead atoms. The summed E-state index contributed by atoms with van der Waals surface area (Å²) in [7, 11) is -3.52. The van der Waals surface area contributed by atoms with Crippen molar-refractivity contribution in [1.82, 2.24) is 19.9 Å². The van der Waals surface area contributed by atoms with Crippen molar-refractivity contribution in [3.63, 3.8) is 0 Å². The first-order chi connectivity index (χ1) is 12.5. The quantitative estimate of drug-likeness (QED) is 0.659. The highest BCUT2D eigenvalue weighted by molar-refractivity contribution is 7.93. The number of pyridine rings is 1. The molecule has 1 saturated heterocycles. The van der Waals surface area contributed by atoms with Gasteiger partial charge in [-0.1, -0.05) is 11.6 Å². The number of thiophene rings is 1. The average Bonchev–Trinajstić information content (AvgIpc) is 3.18. The Morgan fingerprint density at radius 3 is 2.78 bits per heavy atom. The van der Waals surface area contributed by atoms with Crippen molar-refractivity contribution in [3.8, 4) is 10.4 Å². The topological polar surface area (TPSA) is 100 Å². The molecule has 1 aliphatic heterocycles. The Kier molecular flexibility index (Phi) is 3.93. The number of fused-ring (bicyclic) bond motifs is 1. The van der Waals surface area contributed by atoms with Crippen LogP contribution in [-0.2, 0) is 15.4 Å². The molecule has 7 nitrogen and oxygen atoms in total. The van der Waals surface area contributed by atoms with Crippen LogP contribution >= 0.6 is 22.9 Å². The molecule has 1 aliphatic rings. The Morgan fingerprint density at radius 1 is 1.33 bits per heavy atom. The number of hydrogen-bond acceptors (Lipinski definition) is 6. The summed E-state index contributed by atoms with van der Waals surface area (Å²) in [4.78, 5) is 1.61. The van der Waals surface area contributed by atoms with E-state index < -0.39 is 20.1 Å². The predicted molar refractivity (Wildman–Crippen MR) is 107 cm³/mol. The zero-order valence-corrected chi connectivity index (χ0v) is 17.3. The second kappa shape index (κ2) is 5.76. The minimum absolute atomic E-state index is 0.0202. The van der Waals surface area contributed by atoms with Gasteiger partial charge in [-0.3, -0.25) is 9.81 Å². The number of aromatic nitrogens is 3. The van der Waals surface area contributed by atoms with Crippen LogP contribution in [0.15, 0.2) is 30.7 Å². The Labute approximate surface area is 165 Å². The Balaban J connectivity index is 1.78. The molecule has 0 amide bonds. The molecular formula is C17H18ClN5O2S2. The molecule has 1 atom stereocenters. The minimum atomic E-state index is -3.52. The Morgan fingerprint density at radius 2 is 2.07 bits per heavy atom. The second-order valence-corrected chi connectivity index (χ2v) is 11.4. The fourth-order valence-electron chi connectivity index (χ4n) is 3.16. The molecule has 10 heteroatoms. The van der Waals surface area contributed by atoms with Gasteiger partial charge in [0.15, 0.2) is 15.5 Å². The van der Waals surface area contributed by atoms with E-state index in [9.17, 15) is 8.42 Å². The number of rotatable bonds is 2. The van der Waals surface area contributed by atoms with E-state index in [1.54, 1.807) is 27.1 Å². The first-order valence-corrected chi connectivity index (χ1v) is 11.1. The van der Waals surface area contributed by atoms with Crippen molar-refractivity contribution in [2.45, 2.75) is 31.1 Å². The first-order valence-electron chi connectivity index (χ1n) is 8.23. The van der Waals surface area contributed by atoms with Crippen LogP contribution in [-0.4, -0.2) is 39.4 Å². The zero-order chi connectivity index (χ0) is 19.6. The van der Waals surface area contributed by atoms with E-state index in [4.69, 9.17) is 17.0 Å². The third-order valence-electron chi connectivity index (χ3n) is 5.02. The molecule has 2 N–H and O–H groups in total. The largest absolute Gasteiger partial charge is 0.362 e. The smallest absolute Gasteiger partial charge is 0.165 e. The highest BCUT2D eigenvalue weighted by Crippen LogP contribution is 2.43. The van der Waals surface area contributed by atoms with Gasteiger partial charge in [-0.2, -0.15) is 0 Å². The Bertz CT molecular complexity index is 1180. The van der Waals surface area contributed by atoms with Crippen LogP contribution < -0.4 is 5.32 Å². The van der Waals surface area contributed by atoms with Crippen molar-refractivity contribution in [2.24, 2.45) is 0 Å². The molecule has 0 spiro atoms. The predicted octanol–water partition coefficient (Wildman–Crippen LogP) is 3.10. The fraction of sp³-hybridized carbons (Fsp3) is 0.353. The molecule has 3 aromatic heterocycles. The van der Waals surface area contributed by atoms with E-state index in [-0.39, 0.29) is 11.6 Å². The molecule has 27 heavy (non-hydrogen) atoms. The van der Waals surface area contributed by atoms with Gasteiger partial charge >= 0.3 is 0 Å². The summed E-state index contributed by atoms with van der Waals surface area (Å²) in [5.41, 5.74) is 0.717. The van der Waals surface area contributed by atoms with Crippen LogP contribution in [0.1, 0.15) is 25.6 Å². The maximum atomic E-state index is 12.8. The van der Waals surface area contributed by atoms with Gasteiger partial charge in [-0.25, -0.2) is 8.42 Å². The zero-order valence-electron chi connectivity index (χ0n) is 14.9. The van der Waals surface area contributed by atoms with Gasteiger partial charge in [0, 0.05) is 21.5 Å². The van der Waals surface area contributed by atoms with Gasteiger partial charge in [0.05, 0.1) is 16.3 Å². The normalized spacial score (nSPS) is 24.1. The lowest BCUT2D eigenvalue weighted by molar-refractivity contribution is 0.450. The van der Waals surface area contributed by atoms with Crippen molar-refractivity contribution >= 4 is 44.3 Å². The summed E-state index contributed by atoms with van der Waals surface area (Å²) in [5.74, 6) is -0.146. The van der Waals surface area contributed by atoms with Gasteiger partial charge in [0.2, 0.25) is 0 Å². The van der Waals surface area contributed by atoms with E-state index >= 15 is 0 Å². The van der Waals surface area contributed by atoms with Crippen LogP contribution in [0.25, 0.3) is 16.1 Å². The maximum absolute atomic E-state index is 12.8. The fourth-order valence-corrected chi connectivity index (χ4v) is 6.59. The second-order valence-electron chi connectivity index (χ2n) is 7.40. The summed E-state index contributed by atoms with van der Waals surface area (Å²) in [6, 6.07) is 5.61. The lowest BCUT2D eigenvalue weighted by Gasteiger charge is -2.42. The van der Waals surface area contributed by atoms with Crippen molar-refractivity contribution in [2.75, 3.05) is 5.75 Å². The van der Waals surface area contributed by atoms with Crippen molar-refractivity contribution in [1.29, 1.82) is 5.41 Å². The van der Waals surface area contributed by atoms with Crippen LogP contribution in [0.5, 0.6) is 0 Å². The average molecular weight is 424 g/mol. The minimum Gasteiger partial charge on any atom is -0.362 e. The van der Waals surface area contributed by atoms with E-state index in [2.05, 4.69) is 15.5 Å². The van der Waals surface area contributed by atoms with Gasteiger partial charge < -0.3 is 5.32 Å². The molecule has 0 aromatic carbocycles. The molecule has 0 aliphatic carbocycles. The summed E-state index contributed by atoms with van der Waals surface area (Å²) < 4.78 is 26.1. The number of sulfone groups is 1. The SMILES string of the molecule is CC1(C)C(=N)N[C@](C)(c2sc(-c3ccc4nncn4c3)cc2Cl)CS1(=O)=O. The summed E-state index contributed by atoms with van der Waals surface area (Å²) >= 11 is 7.92. The summed E-state index contributed by atoms with van der Waals surface area (Å²) in [5, 5.41) is 19.7. The third-order valence-corrected chi connectivity index (χ3v) is 9.60. The monoisotopic (exact) mass is 423 g/mol. The van der Waals surface area contributed by atoms with Crippen LogP contribution in [0, 0.1) is 5.41 Å². The van der Waals surface area contributed by atoms with E-state index in [0.717, 1.165) is 16.1 Å². The lowest BCUT2D eigenvalue weighted by Crippen LogP contribution is -2.63. The van der Waals surface area contributed by atoms with E-state index in [1.807, 2.05) is 28.8 Å². The van der Waals surface area contributed by atoms with Gasteiger partial charge in [0.1, 0.15) is 16.9 Å².